The fraction of sp³-hybridized carbons (Fsp3) is 0.367. The van der Waals surface area contributed by atoms with E-state index in [-0.39, 0.29) is 17.5 Å². The number of carbonyl (C=O) groups excluding carboxylic acids is 1. The zero-order valence-corrected chi connectivity index (χ0v) is 21.7. The number of anilines is 1. The molecule has 1 heterocycles. The largest absolute Gasteiger partial charge is 0.493 e. The molecular weight excluding hydrogens is 466 g/mol. The third kappa shape index (κ3) is 5.23. The van der Waals surface area contributed by atoms with Crippen LogP contribution in [-0.4, -0.2) is 50.8 Å². The van der Waals surface area contributed by atoms with Gasteiger partial charge in [-0.3, -0.25) is 0 Å². The summed E-state index contributed by atoms with van der Waals surface area (Å²) in [5.74, 6) is 2.94. The van der Waals surface area contributed by atoms with Crippen molar-refractivity contribution < 1.29 is 19.0 Å². The highest BCUT2D eigenvalue weighted by atomic mass is 16.5. The SMILES string of the molecule is COc1ccc(C23CCC(NC(=O)Nc4cccc(Oc5ccccc5)c4)CC2N(C)CC3)cc1OC. The minimum Gasteiger partial charge on any atom is -0.493 e. The number of benzene rings is 3. The molecule has 7 nitrogen and oxygen atoms in total. The van der Waals surface area contributed by atoms with E-state index in [2.05, 4.69) is 34.7 Å². The summed E-state index contributed by atoms with van der Waals surface area (Å²) in [6.07, 6.45) is 3.91. The molecule has 2 aliphatic rings. The van der Waals surface area contributed by atoms with Crippen molar-refractivity contribution >= 4 is 11.7 Å². The van der Waals surface area contributed by atoms with Crippen LogP contribution in [0.4, 0.5) is 10.5 Å². The minimum absolute atomic E-state index is 0.0477. The van der Waals surface area contributed by atoms with Gasteiger partial charge in [0.2, 0.25) is 0 Å². The smallest absolute Gasteiger partial charge is 0.319 e. The Kier molecular flexibility index (Phi) is 7.24. The second-order valence-electron chi connectivity index (χ2n) is 9.99. The molecule has 37 heavy (non-hydrogen) atoms. The first-order valence-corrected chi connectivity index (χ1v) is 12.8. The number of nitrogens with one attached hydrogen (secondary N) is 2. The first-order valence-electron chi connectivity index (χ1n) is 12.8. The molecule has 194 valence electrons. The van der Waals surface area contributed by atoms with E-state index in [0.717, 1.165) is 49.5 Å². The van der Waals surface area contributed by atoms with Crippen LogP contribution in [0.2, 0.25) is 0 Å². The maximum absolute atomic E-state index is 12.9. The van der Waals surface area contributed by atoms with E-state index < -0.39 is 0 Å². The van der Waals surface area contributed by atoms with E-state index in [1.165, 1.54) is 5.56 Å². The number of amides is 2. The van der Waals surface area contributed by atoms with Crippen LogP contribution < -0.4 is 24.8 Å². The number of nitrogens with zero attached hydrogens (tertiary/aromatic N) is 1. The summed E-state index contributed by atoms with van der Waals surface area (Å²) in [5, 5.41) is 6.20. The zero-order chi connectivity index (χ0) is 25.8. The van der Waals surface area contributed by atoms with Gasteiger partial charge in [0.25, 0.3) is 0 Å². The summed E-state index contributed by atoms with van der Waals surface area (Å²) < 4.78 is 17.0. The molecule has 2 fully saturated rings. The lowest BCUT2D eigenvalue weighted by Crippen LogP contribution is -2.52. The summed E-state index contributed by atoms with van der Waals surface area (Å²) in [6, 6.07) is 23.6. The lowest BCUT2D eigenvalue weighted by molar-refractivity contribution is 0.156. The van der Waals surface area contributed by atoms with E-state index >= 15 is 0 Å². The quantitative estimate of drug-likeness (QED) is 0.427. The first-order chi connectivity index (χ1) is 18.0. The lowest BCUT2D eigenvalue weighted by atomic mass is 9.65. The molecule has 1 saturated carbocycles. The second kappa shape index (κ2) is 10.7. The van der Waals surface area contributed by atoms with Gasteiger partial charge in [0.15, 0.2) is 11.5 Å². The van der Waals surface area contributed by atoms with Crippen LogP contribution in [-0.2, 0) is 5.41 Å². The van der Waals surface area contributed by atoms with E-state index in [1.807, 2.05) is 60.7 Å². The van der Waals surface area contributed by atoms with E-state index in [9.17, 15) is 4.79 Å². The van der Waals surface area contributed by atoms with Gasteiger partial charge in [-0.05, 0) is 81.2 Å². The maximum Gasteiger partial charge on any atom is 0.319 e. The van der Waals surface area contributed by atoms with Crippen molar-refractivity contribution in [1.82, 2.24) is 10.2 Å². The number of likely N-dealkylation sites (N-methyl/N-ethyl adjacent to an activating group) is 1. The third-order valence-electron chi connectivity index (χ3n) is 7.89. The molecule has 3 aromatic carbocycles. The Morgan fingerprint density at radius 2 is 1.70 bits per heavy atom. The average molecular weight is 502 g/mol. The van der Waals surface area contributed by atoms with Crippen LogP contribution >= 0.6 is 0 Å². The number of hydrogen-bond acceptors (Lipinski definition) is 5. The fourth-order valence-electron chi connectivity index (χ4n) is 6.01. The topological polar surface area (TPSA) is 72.1 Å². The van der Waals surface area contributed by atoms with Crippen LogP contribution in [0.1, 0.15) is 31.2 Å². The van der Waals surface area contributed by atoms with Gasteiger partial charge in [-0.1, -0.05) is 30.3 Å². The highest BCUT2D eigenvalue weighted by Crippen LogP contribution is 2.49. The summed E-state index contributed by atoms with van der Waals surface area (Å²) in [4.78, 5) is 15.4. The normalized spacial score (nSPS) is 23.1. The van der Waals surface area contributed by atoms with Crippen molar-refractivity contribution in [3.8, 4) is 23.0 Å². The Labute approximate surface area is 218 Å². The van der Waals surface area contributed by atoms with Crippen LogP contribution in [0.15, 0.2) is 72.8 Å². The number of urea groups is 1. The molecule has 1 aliphatic carbocycles. The van der Waals surface area contributed by atoms with E-state index in [4.69, 9.17) is 14.2 Å². The van der Waals surface area contributed by atoms with E-state index in [0.29, 0.717) is 17.5 Å². The molecule has 2 N–H and O–H groups in total. The van der Waals surface area contributed by atoms with Crippen LogP contribution in [0.25, 0.3) is 0 Å². The molecule has 5 rings (SSSR count). The maximum atomic E-state index is 12.9. The summed E-state index contributed by atoms with van der Waals surface area (Å²) in [6.45, 7) is 1.03. The monoisotopic (exact) mass is 501 g/mol. The van der Waals surface area contributed by atoms with Crippen molar-refractivity contribution in [3.63, 3.8) is 0 Å². The Hall–Kier alpha value is -3.71. The van der Waals surface area contributed by atoms with Crippen molar-refractivity contribution in [3.05, 3.63) is 78.4 Å². The van der Waals surface area contributed by atoms with Gasteiger partial charge in [0.05, 0.1) is 14.2 Å². The zero-order valence-electron chi connectivity index (χ0n) is 21.7. The number of ether oxygens (including phenoxy) is 3. The molecule has 3 aromatic rings. The van der Waals surface area contributed by atoms with Gasteiger partial charge < -0.3 is 29.7 Å². The van der Waals surface area contributed by atoms with Gasteiger partial charge >= 0.3 is 6.03 Å². The van der Waals surface area contributed by atoms with Gasteiger partial charge in [-0.15, -0.1) is 0 Å². The number of likely N-dealkylation sites (tertiary alicyclic amines) is 1. The van der Waals surface area contributed by atoms with Crippen molar-refractivity contribution in [2.45, 2.75) is 43.2 Å². The predicted octanol–water partition coefficient (Wildman–Crippen LogP) is 5.81. The van der Waals surface area contributed by atoms with Gasteiger partial charge in [0, 0.05) is 29.3 Å². The van der Waals surface area contributed by atoms with Crippen molar-refractivity contribution in [2.75, 3.05) is 33.1 Å². The average Bonchev–Trinajstić information content (AvgIpc) is 3.25. The minimum atomic E-state index is -0.193. The van der Waals surface area contributed by atoms with Gasteiger partial charge in [0.1, 0.15) is 11.5 Å². The highest BCUT2D eigenvalue weighted by Gasteiger charge is 2.50. The molecule has 0 spiro atoms. The Morgan fingerprint density at radius 1 is 0.919 bits per heavy atom. The number of hydrogen-bond donors (Lipinski definition) is 2. The third-order valence-corrected chi connectivity index (χ3v) is 7.89. The van der Waals surface area contributed by atoms with Gasteiger partial charge in [-0.2, -0.15) is 0 Å². The molecule has 0 radical (unpaired) electrons. The Bertz CT molecular complexity index is 1230. The number of methoxy groups -OCH3 is 2. The molecule has 0 bridgehead atoms. The number of rotatable bonds is 7. The number of para-hydroxylation sites is 1. The van der Waals surface area contributed by atoms with Crippen LogP contribution in [0, 0.1) is 0 Å². The second-order valence-corrected chi connectivity index (χ2v) is 9.99. The number of fused-ring (bicyclic) bond motifs is 1. The standard InChI is InChI=1S/C30H35N3O4/c1-33-17-16-30(21-12-13-26(35-2)27(18-21)36-3)15-14-23(20-28(30)33)32-29(34)31-22-8-7-11-25(19-22)37-24-9-5-4-6-10-24/h4-13,18-19,23,28H,14-17,20H2,1-3H3,(H2,31,32,34). The molecule has 7 heteroatoms. The molecule has 3 atom stereocenters. The molecular formula is C30H35N3O4. The molecule has 2 amide bonds. The molecule has 3 unspecified atom stereocenters. The lowest BCUT2D eigenvalue weighted by Gasteiger charge is -2.45. The fourth-order valence-corrected chi connectivity index (χ4v) is 6.01. The van der Waals surface area contributed by atoms with Crippen LogP contribution in [0.5, 0.6) is 23.0 Å². The van der Waals surface area contributed by atoms with Crippen molar-refractivity contribution in [1.29, 1.82) is 0 Å². The van der Waals surface area contributed by atoms with Gasteiger partial charge in [-0.25, -0.2) is 4.79 Å². The Balaban J connectivity index is 1.24. The number of carbonyl (C=O) groups is 1. The predicted molar refractivity (Wildman–Crippen MR) is 145 cm³/mol. The summed E-state index contributed by atoms with van der Waals surface area (Å²) >= 11 is 0. The van der Waals surface area contributed by atoms with Crippen LogP contribution in [0.3, 0.4) is 0 Å². The van der Waals surface area contributed by atoms with Crippen molar-refractivity contribution in [2.24, 2.45) is 0 Å². The first kappa shape index (κ1) is 25.0. The van der Waals surface area contributed by atoms with E-state index in [1.54, 1.807) is 14.2 Å². The summed E-state index contributed by atoms with van der Waals surface area (Å²) in [7, 11) is 5.53. The molecule has 1 saturated heterocycles. The highest BCUT2D eigenvalue weighted by molar-refractivity contribution is 5.89. The summed E-state index contributed by atoms with van der Waals surface area (Å²) in [5.41, 5.74) is 2.03. The molecule has 1 aliphatic heterocycles. The molecule has 0 aromatic heterocycles. The Morgan fingerprint density at radius 3 is 2.49 bits per heavy atom.